The van der Waals surface area contributed by atoms with E-state index in [0.717, 1.165) is 22.1 Å². The molecule has 0 unspecified atom stereocenters. The third-order valence-electron chi connectivity index (χ3n) is 3.45. The molecule has 1 saturated heterocycles. The molecule has 102 valence electrons. The first-order valence-electron chi connectivity index (χ1n) is 6.88. The van der Waals surface area contributed by atoms with Crippen molar-refractivity contribution in [1.82, 2.24) is 9.88 Å². The summed E-state index contributed by atoms with van der Waals surface area (Å²) in [5, 5.41) is 11.2. The Morgan fingerprint density at radius 3 is 2.33 bits per heavy atom. The molecule has 0 radical (unpaired) electrons. The van der Waals surface area contributed by atoms with E-state index in [0.29, 0.717) is 0 Å². The van der Waals surface area contributed by atoms with Gasteiger partial charge in [-0.05, 0) is 46.7 Å². The number of rotatable bonds is 3. The maximum Gasteiger partial charge on any atom is 0.107 e. The number of likely N-dealkylation sites (tertiary alicyclic amines) is 1. The fourth-order valence-electron chi connectivity index (χ4n) is 2.57. The van der Waals surface area contributed by atoms with E-state index in [1.54, 1.807) is 11.3 Å². The van der Waals surface area contributed by atoms with Crippen LogP contribution in [0.2, 0.25) is 0 Å². The lowest BCUT2D eigenvalue weighted by Gasteiger charge is -2.18. The van der Waals surface area contributed by atoms with Gasteiger partial charge < -0.3 is 5.11 Å². The minimum Gasteiger partial charge on any atom is -0.385 e. The number of hydrogen-bond donors (Lipinski definition) is 1. The summed E-state index contributed by atoms with van der Waals surface area (Å²) in [6.45, 7) is 9.00. The van der Waals surface area contributed by atoms with E-state index in [1.807, 2.05) is 20.8 Å². The summed E-state index contributed by atoms with van der Waals surface area (Å²) in [7, 11) is 0. The molecule has 0 saturated carbocycles. The molecule has 3 nitrogen and oxygen atoms in total. The Hall–Kier alpha value is -0.450. The topological polar surface area (TPSA) is 36.4 Å². The molecule has 4 heteroatoms. The zero-order valence-electron chi connectivity index (χ0n) is 11.7. The Morgan fingerprint density at radius 2 is 1.83 bits per heavy atom. The maximum atomic E-state index is 10.1. The van der Waals surface area contributed by atoms with Gasteiger partial charge in [0.15, 0.2) is 0 Å². The van der Waals surface area contributed by atoms with Crippen LogP contribution in [0.25, 0.3) is 0 Å². The van der Waals surface area contributed by atoms with Gasteiger partial charge in [-0.3, -0.25) is 4.90 Å². The van der Waals surface area contributed by atoms with Gasteiger partial charge in [-0.2, -0.15) is 0 Å². The van der Waals surface area contributed by atoms with Crippen molar-refractivity contribution in [1.29, 1.82) is 0 Å². The van der Waals surface area contributed by atoms with Gasteiger partial charge in [-0.25, -0.2) is 4.98 Å². The molecular formula is C14H24N2OS. The largest absolute Gasteiger partial charge is 0.385 e. The van der Waals surface area contributed by atoms with E-state index < -0.39 is 5.60 Å². The summed E-state index contributed by atoms with van der Waals surface area (Å²) in [6.07, 6.45) is 5.34. The normalized spacial score (nSPS) is 18.9. The van der Waals surface area contributed by atoms with Crippen LogP contribution in [-0.2, 0) is 12.1 Å². The quantitative estimate of drug-likeness (QED) is 0.915. The van der Waals surface area contributed by atoms with Crippen LogP contribution in [0.3, 0.4) is 0 Å². The molecule has 1 N–H and O–H groups in total. The van der Waals surface area contributed by atoms with Crippen molar-refractivity contribution in [3.63, 3.8) is 0 Å². The summed E-state index contributed by atoms with van der Waals surface area (Å²) in [5.41, 5.74) is 0.219. The average Bonchev–Trinajstić information content (AvgIpc) is 2.49. The summed E-state index contributed by atoms with van der Waals surface area (Å²) >= 11 is 1.66. The standard InChI is InChI=1S/C14H24N2OS/c1-11-13(14(2,3)17)18-12(15-11)10-16-8-6-4-5-7-9-16/h17H,4-10H2,1-3H3. The predicted octanol–water partition coefficient (Wildman–Crippen LogP) is 3.05. The fourth-order valence-corrected chi connectivity index (χ4v) is 3.68. The number of thiazole rings is 1. The number of aliphatic hydroxyl groups is 1. The van der Waals surface area contributed by atoms with E-state index >= 15 is 0 Å². The first kappa shape index (κ1) is 14.0. The minimum absolute atomic E-state index is 0.765. The first-order chi connectivity index (χ1) is 8.47. The van der Waals surface area contributed by atoms with E-state index in [2.05, 4.69) is 9.88 Å². The van der Waals surface area contributed by atoms with Crippen molar-refractivity contribution in [2.75, 3.05) is 13.1 Å². The zero-order valence-corrected chi connectivity index (χ0v) is 12.5. The molecule has 0 bridgehead atoms. The van der Waals surface area contributed by atoms with E-state index in [-0.39, 0.29) is 0 Å². The van der Waals surface area contributed by atoms with E-state index in [1.165, 1.54) is 38.8 Å². The van der Waals surface area contributed by atoms with Crippen molar-refractivity contribution >= 4 is 11.3 Å². The monoisotopic (exact) mass is 268 g/mol. The van der Waals surface area contributed by atoms with Crippen LogP contribution in [0.5, 0.6) is 0 Å². The highest BCUT2D eigenvalue weighted by molar-refractivity contribution is 7.11. The lowest BCUT2D eigenvalue weighted by molar-refractivity contribution is 0.0817. The lowest BCUT2D eigenvalue weighted by atomic mass is 10.1. The van der Waals surface area contributed by atoms with Gasteiger partial charge in [-0.15, -0.1) is 11.3 Å². The summed E-state index contributed by atoms with van der Waals surface area (Å²) in [5.74, 6) is 0. The Labute approximate surface area is 114 Å². The Balaban J connectivity index is 2.05. The van der Waals surface area contributed by atoms with Crippen molar-refractivity contribution in [3.05, 3.63) is 15.6 Å². The van der Waals surface area contributed by atoms with Gasteiger partial charge in [0, 0.05) is 0 Å². The van der Waals surface area contributed by atoms with Crippen molar-refractivity contribution in [2.45, 2.75) is 58.6 Å². The predicted molar refractivity (Wildman–Crippen MR) is 75.8 cm³/mol. The first-order valence-corrected chi connectivity index (χ1v) is 7.70. The molecular weight excluding hydrogens is 244 g/mol. The molecule has 0 aromatic carbocycles. The second-order valence-electron chi connectivity index (χ2n) is 5.77. The number of nitrogens with zero attached hydrogens (tertiary/aromatic N) is 2. The van der Waals surface area contributed by atoms with Gasteiger partial charge >= 0.3 is 0 Å². The Bertz CT molecular complexity index is 387. The zero-order chi connectivity index (χ0) is 13.2. The van der Waals surface area contributed by atoms with Crippen LogP contribution in [0.15, 0.2) is 0 Å². The molecule has 18 heavy (non-hydrogen) atoms. The van der Waals surface area contributed by atoms with Crippen LogP contribution in [-0.4, -0.2) is 28.1 Å². The molecule has 2 rings (SSSR count). The van der Waals surface area contributed by atoms with Gasteiger partial charge in [0.05, 0.1) is 22.7 Å². The van der Waals surface area contributed by atoms with Crippen LogP contribution in [0.1, 0.15) is 55.1 Å². The third-order valence-corrected chi connectivity index (χ3v) is 4.91. The third kappa shape index (κ3) is 3.53. The fraction of sp³-hybridized carbons (Fsp3) is 0.786. The molecule has 1 aliphatic rings. The smallest absolute Gasteiger partial charge is 0.107 e. The molecule has 1 aromatic heterocycles. The molecule has 0 atom stereocenters. The molecule has 0 aliphatic carbocycles. The number of aromatic nitrogens is 1. The summed E-state index contributed by atoms with van der Waals surface area (Å²) in [4.78, 5) is 8.12. The molecule has 0 spiro atoms. The molecule has 1 aliphatic heterocycles. The van der Waals surface area contributed by atoms with E-state index in [9.17, 15) is 5.11 Å². The van der Waals surface area contributed by atoms with Crippen LogP contribution >= 0.6 is 11.3 Å². The second-order valence-corrected chi connectivity index (χ2v) is 6.86. The molecule has 1 fully saturated rings. The van der Waals surface area contributed by atoms with Gasteiger partial charge in [0.2, 0.25) is 0 Å². The SMILES string of the molecule is Cc1nc(CN2CCCCCC2)sc1C(C)(C)O. The van der Waals surface area contributed by atoms with Crippen molar-refractivity contribution in [3.8, 4) is 0 Å². The van der Waals surface area contributed by atoms with Crippen molar-refractivity contribution < 1.29 is 5.11 Å². The highest BCUT2D eigenvalue weighted by Crippen LogP contribution is 2.30. The van der Waals surface area contributed by atoms with Crippen molar-refractivity contribution in [2.24, 2.45) is 0 Å². The highest BCUT2D eigenvalue weighted by atomic mass is 32.1. The van der Waals surface area contributed by atoms with Crippen LogP contribution in [0.4, 0.5) is 0 Å². The van der Waals surface area contributed by atoms with Gasteiger partial charge in [0.1, 0.15) is 5.01 Å². The highest BCUT2D eigenvalue weighted by Gasteiger charge is 2.23. The van der Waals surface area contributed by atoms with E-state index in [4.69, 9.17) is 0 Å². The maximum absolute atomic E-state index is 10.1. The minimum atomic E-state index is -0.765. The lowest BCUT2D eigenvalue weighted by Crippen LogP contribution is -2.23. The Kier molecular flexibility index (Phi) is 4.41. The van der Waals surface area contributed by atoms with Gasteiger partial charge in [-0.1, -0.05) is 12.8 Å². The molecule has 2 heterocycles. The number of aryl methyl sites for hydroxylation is 1. The molecule has 1 aromatic rings. The second kappa shape index (κ2) is 5.68. The summed E-state index contributed by atoms with van der Waals surface area (Å²) < 4.78 is 0. The Morgan fingerprint density at radius 1 is 1.22 bits per heavy atom. The van der Waals surface area contributed by atoms with Crippen LogP contribution < -0.4 is 0 Å². The van der Waals surface area contributed by atoms with Gasteiger partial charge in [0.25, 0.3) is 0 Å². The average molecular weight is 268 g/mol. The summed E-state index contributed by atoms with van der Waals surface area (Å²) in [6, 6.07) is 0. The number of hydrogen-bond acceptors (Lipinski definition) is 4. The van der Waals surface area contributed by atoms with Crippen LogP contribution in [0, 0.1) is 6.92 Å². The molecule has 0 amide bonds.